The lowest BCUT2D eigenvalue weighted by Gasteiger charge is -2.24. The zero-order chi connectivity index (χ0) is 21.1. The van der Waals surface area contributed by atoms with Crippen molar-refractivity contribution in [3.8, 4) is 0 Å². The van der Waals surface area contributed by atoms with Crippen LogP contribution in [0.3, 0.4) is 0 Å². The van der Waals surface area contributed by atoms with Crippen LogP contribution in [-0.4, -0.2) is 9.13 Å². The van der Waals surface area contributed by atoms with Gasteiger partial charge in [0.05, 0.1) is 17.6 Å². The summed E-state index contributed by atoms with van der Waals surface area (Å²) in [5, 5.41) is 9.12. The second-order valence-electron chi connectivity index (χ2n) is 8.74. The average Bonchev–Trinajstić information content (AvgIpc) is 3.02. The Morgan fingerprint density at radius 2 is 1.77 bits per heavy atom. The maximum absolute atomic E-state index is 9.12. The summed E-state index contributed by atoms with van der Waals surface area (Å²) in [5.74, 6) is 0.552. The molecule has 1 aromatic heterocycles. The first-order valence-corrected chi connectivity index (χ1v) is 11.2. The lowest BCUT2D eigenvalue weighted by molar-refractivity contribution is 0.371. The van der Waals surface area contributed by atoms with Gasteiger partial charge in [-0.2, -0.15) is 0 Å². The van der Waals surface area contributed by atoms with Gasteiger partial charge in [0.2, 0.25) is 5.62 Å². The number of nitrogens with zero attached hydrogens (tertiary/aromatic N) is 2. The van der Waals surface area contributed by atoms with Crippen molar-refractivity contribution >= 4 is 11.0 Å². The Hall–Kier alpha value is -2.81. The molecule has 0 spiro atoms. The zero-order valence-electron chi connectivity index (χ0n) is 18.4. The summed E-state index contributed by atoms with van der Waals surface area (Å²) in [6.07, 6.45) is 11.4. The number of fused-ring (bicyclic) bond motifs is 1. The van der Waals surface area contributed by atoms with E-state index in [1.54, 1.807) is 0 Å². The quantitative estimate of drug-likeness (QED) is 0.468. The highest BCUT2D eigenvalue weighted by Gasteiger charge is 2.21. The van der Waals surface area contributed by atoms with Crippen molar-refractivity contribution in [2.75, 3.05) is 0 Å². The Morgan fingerprint density at radius 1 is 1.03 bits per heavy atom. The van der Waals surface area contributed by atoms with Gasteiger partial charge in [0.15, 0.2) is 0 Å². The van der Waals surface area contributed by atoms with E-state index in [0.717, 1.165) is 37.7 Å². The number of hydrogen-bond acceptors (Lipinski definition) is 1. The normalized spacial score (nSPS) is 17.3. The number of aryl methyl sites for hydroxylation is 1. The average molecular weight is 400 g/mol. The van der Waals surface area contributed by atoms with Crippen LogP contribution in [0.1, 0.15) is 56.7 Å². The SMILES string of the molecule is CCCC(CC1C=CC(C)=CC1)n1c(=N)n(Cc2ccc(C)cc2)c2ccccc21. The third kappa shape index (κ3) is 4.21. The van der Waals surface area contributed by atoms with E-state index in [0.29, 0.717) is 17.6 Å². The molecular weight excluding hydrogens is 366 g/mol. The van der Waals surface area contributed by atoms with Gasteiger partial charge in [-0.05, 0) is 56.7 Å². The van der Waals surface area contributed by atoms with E-state index in [1.807, 2.05) is 0 Å². The van der Waals surface area contributed by atoms with Crippen LogP contribution < -0.4 is 5.62 Å². The fourth-order valence-corrected chi connectivity index (χ4v) is 4.64. The van der Waals surface area contributed by atoms with Crippen LogP contribution in [0.5, 0.6) is 0 Å². The van der Waals surface area contributed by atoms with Crippen LogP contribution in [0.2, 0.25) is 0 Å². The number of rotatable bonds is 7. The number of aromatic nitrogens is 2. The molecule has 2 aromatic carbocycles. The molecule has 0 bridgehead atoms. The van der Waals surface area contributed by atoms with Crippen molar-refractivity contribution < 1.29 is 0 Å². The number of hydrogen-bond donors (Lipinski definition) is 1. The smallest absolute Gasteiger partial charge is 0.203 e. The van der Waals surface area contributed by atoms with Crippen LogP contribution in [0.15, 0.2) is 72.3 Å². The van der Waals surface area contributed by atoms with Gasteiger partial charge in [0.25, 0.3) is 0 Å². The van der Waals surface area contributed by atoms with Crippen LogP contribution in [0.25, 0.3) is 11.0 Å². The van der Waals surface area contributed by atoms with E-state index in [4.69, 9.17) is 5.41 Å². The topological polar surface area (TPSA) is 33.7 Å². The molecule has 1 heterocycles. The number of para-hydroxylation sites is 2. The summed E-state index contributed by atoms with van der Waals surface area (Å²) in [6.45, 7) is 7.27. The number of imidazole rings is 1. The highest BCUT2D eigenvalue weighted by molar-refractivity contribution is 5.76. The largest absolute Gasteiger partial charge is 0.307 e. The van der Waals surface area contributed by atoms with E-state index in [2.05, 4.69) is 96.7 Å². The fourth-order valence-electron chi connectivity index (χ4n) is 4.64. The molecule has 1 aliphatic carbocycles. The van der Waals surface area contributed by atoms with E-state index in [-0.39, 0.29) is 0 Å². The van der Waals surface area contributed by atoms with Crippen LogP contribution in [0, 0.1) is 18.3 Å². The van der Waals surface area contributed by atoms with Gasteiger partial charge < -0.3 is 9.13 Å². The molecule has 0 aliphatic heterocycles. The Bertz CT molecular complexity index is 1130. The minimum Gasteiger partial charge on any atom is -0.307 e. The highest BCUT2D eigenvalue weighted by Crippen LogP contribution is 2.30. The Balaban J connectivity index is 1.73. The molecule has 156 valence electrons. The third-order valence-corrected chi connectivity index (χ3v) is 6.31. The molecule has 0 saturated carbocycles. The molecule has 1 aliphatic rings. The first-order valence-electron chi connectivity index (χ1n) is 11.2. The van der Waals surface area contributed by atoms with E-state index in [1.165, 1.54) is 22.2 Å². The molecule has 0 fully saturated rings. The lowest BCUT2D eigenvalue weighted by atomic mass is 9.89. The van der Waals surface area contributed by atoms with E-state index in [9.17, 15) is 0 Å². The molecule has 30 heavy (non-hydrogen) atoms. The van der Waals surface area contributed by atoms with Crippen molar-refractivity contribution in [1.29, 1.82) is 5.41 Å². The van der Waals surface area contributed by atoms with Gasteiger partial charge in [-0.25, -0.2) is 0 Å². The molecule has 3 nitrogen and oxygen atoms in total. The van der Waals surface area contributed by atoms with Crippen molar-refractivity contribution in [3.05, 3.63) is 89.1 Å². The third-order valence-electron chi connectivity index (χ3n) is 6.31. The maximum atomic E-state index is 9.12. The van der Waals surface area contributed by atoms with Gasteiger partial charge in [0, 0.05) is 6.04 Å². The molecule has 1 N–H and O–H groups in total. The number of allylic oxidation sites excluding steroid dienone is 4. The monoisotopic (exact) mass is 399 g/mol. The van der Waals surface area contributed by atoms with Crippen LogP contribution in [0.4, 0.5) is 0 Å². The summed E-state index contributed by atoms with van der Waals surface area (Å²) >= 11 is 0. The molecule has 3 aromatic rings. The summed E-state index contributed by atoms with van der Waals surface area (Å²) in [7, 11) is 0. The van der Waals surface area contributed by atoms with Gasteiger partial charge >= 0.3 is 0 Å². The second-order valence-corrected chi connectivity index (χ2v) is 8.74. The first kappa shape index (κ1) is 20.5. The lowest BCUT2D eigenvalue weighted by Crippen LogP contribution is -2.29. The highest BCUT2D eigenvalue weighted by atomic mass is 15.2. The number of benzene rings is 2. The van der Waals surface area contributed by atoms with Gasteiger partial charge in [-0.3, -0.25) is 5.41 Å². The molecular formula is C27H33N3. The molecule has 0 amide bonds. The van der Waals surface area contributed by atoms with Crippen molar-refractivity contribution in [1.82, 2.24) is 9.13 Å². The Morgan fingerprint density at radius 3 is 2.43 bits per heavy atom. The first-order chi connectivity index (χ1) is 14.6. The second kappa shape index (κ2) is 8.91. The van der Waals surface area contributed by atoms with Crippen molar-refractivity contribution in [2.45, 2.75) is 59.0 Å². The predicted molar refractivity (Wildman–Crippen MR) is 126 cm³/mol. The molecule has 2 atom stereocenters. The maximum Gasteiger partial charge on any atom is 0.203 e. The van der Waals surface area contributed by atoms with Gasteiger partial charge in [0.1, 0.15) is 0 Å². The molecule has 0 saturated heterocycles. The fraction of sp³-hybridized carbons (Fsp3) is 0.370. The predicted octanol–water partition coefficient (Wildman–Crippen LogP) is 6.53. The number of nitrogens with one attached hydrogen (secondary N) is 1. The van der Waals surface area contributed by atoms with E-state index >= 15 is 0 Å². The van der Waals surface area contributed by atoms with Gasteiger partial charge in [-0.15, -0.1) is 0 Å². The summed E-state index contributed by atoms with van der Waals surface area (Å²) in [4.78, 5) is 0. The molecule has 3 heteroatoms. The summed E-state index contributed by atoms with van der Waals surface area (Å²) in [6, 6.07) is 17.5. The van der Waals surface area contributed by atoms with E-state index < -0.39 is 0 Å². The van der Waals surface area contributed by atoms with Gasteiger partial charge in [-0.1, -0.05) is 79.1 Å². The minimum absolute atomic E-state index is 0.341. The zero-order valence-corrected chi connectivity index (χ0v) is 18.4. The van der Waals surface area contributed by atoms with Crippen LogP contribution in [-0.2, 0) is 6.54 Å². The molecule has 0 radical (unpaired) electrons. The Kier molecular flexibility index (Phi) is 6.08. The minimum atomic E-state index is 0.341. The Labute approximate surface area is 179 Å². The van der Waals surface area contributed by atoms with Crippen molar-refractivity contribution in [3.63, 3.8) is 0 Å². The molecule has 4 rings (SSSR count). The standard InChI is InChI=1S/C27H33N3/c1-4-7-24(18-22-14-10-20(2)11-15-22)30-26-9-6-5-8-25(26)29(27(30)28)19-23-16-12-21(3)13-17-23/h5-6,8-14,16-17,22,24,28H,4,7,15,18-19H2,1-3H3. The molecule has 2 unspecified atom stereocenters. The summed E-state index contributed by atoms with van der Waals surface area (Å²) in [5.41, 5.74) is 6.82. The van der Waals surface area contributed by atoms with Crippen molar-refractivity contribution in [2.24, 2.45) is 5.92 Å². The van der Waals surface area contributed by atoms with Crippen LogP contribution >= 0.6 is 0 Å². The summed E-state index contributed by atoms with van der Waals surface area (Å²) < 4.78 is 4.47.